The number of carbonyl (C=O) groups is 1. The molecule has 2 saturated heterocycles. The van der Waals surface area contributed by atoms with Crippen LogP contribution in [0, 0.1) is 0 Å². The Bertz CT molecular complexity index is 1050. The minimum absolute atomic E-state index is 0.243. The first kappa shape index (κ1) is 19.3. The number of hydrogen-bond donors (Lipinski definition) is 1. The van der Waals surface area contributed by atoms with Crippen LogP contribution in [0.5, 0.6) is 0 Å². The lowest BCUT2D eigenvalue weighted by molar-refractivity contribution is -0.115. The standard InChI is InChI=1S/C18H16N2O5S3/c21-17-16(27-18(26)19-17)11-13-3-6-15(25-13)12-1-4-14(5-2-12)28(22,23)20-7-9-24-10-8-20/h1-6,11H,7-10H2,(H,19,21,26)/p+1/b16-11-. The lowest BCUT2D eigenvalue weighted by Crippen LogP contribution is -2.42. The van der Waals surface area contributed by atoms with E-state index < -0.39 is 10.0 Å². The third-order valence-electron chi connectivity index (χ3n) is 4.33. The number of sulfonamides is 1. The highest BCUT2D eigenvalue weighted by Gasteiger charge is 2.28. The minimum Gasteiger partial charge on any atom is -0.457 e. The number of aliphatic hydroxyl groups is 2. The quantitative estimate of drug-likeness (QED) is 0.447. The molecule has 7 nitrogen and oxygen atoms in total. The number of thioether (sulfide) groups is 1. The Morgan fingerprint density at radius 2 is 1.86 bits per heavy atom. The summed E-state index contributed by atoms with van der Waals surface area (Å²) >= 11 is 6.15. The number of thiocarbonyl (C=S) groups is 1. The van der Waals surface area contributed by atoms with Crippen LogP contribution in [-0.2, 0) is 14.8 Å². The Kier molecular flexibility index (Phi) is 5.39. The van der Waals surface area contributed by atoms with Crippen molar-refractivity contribution in [2.24, 2.45) is 0 Å². The largest absolute Gasteiger partial charge is 0.457 e. The van der Waals surface area contributed by atoms with Gasteiger partial charge in [0.15, 0.2) is 13.2 Å². The van der Waals surface area contributed by atoms with Crippen molar-refractivity contribution >= 4 is 50.3 Å². The molecule has 2 aromatic rings. The van der Waals surface area contributed by atoms with Crippen LogP contribution in [0.2, 0.25) is 0 Å². The third kappa shape index (κ3) is 3.91. The zero-order chi connectivity index (χ0) is 19.7. The molecule has 4 rings (SSSR count). The molecule has 0 radical (unpaired) electrons. The number of morpholine rings is 1. The highest BCUT2D eigenvalue weighted by atomic mass is 32.2. The van der Waals surface area contributed by atoms with Crippen LogP contribution in [0.25, 0.3) is 17.4 Å². The number of nitrogens with zero attached hydrogens (tertiary/aromatic N) is 1. The highest BCUT2D eigenvalue weighted by molar-refractivity contribution is 8.26. The number of carbonyl (C=O) groups excluding carboxylic acids is 1. The monoisotopic (exact) mass is 437 g/mol. The van der Waals surface area contributed by atoms with E-state index in [1.807, 2.05) is 0 Å². The molecule has 2 aliphatic heterocycles. The number of nitrogens with one attached hydrogen (secondary N) is 1. The molecule has 2 N–H and O–H groups in total. The van der Waals surface area contributed by atoms with Crippen molar-refractivity contribution < 1.29 is 22.4 Å². The molecule has 1 aromatic heterocycles. The van der Waals surface area contributed by atoms with Gasteiger partial charge in [-0.05, 0) is 36.4 Å². The smallest absolute Gasteiger partial charge is 0.263 e. The predicted octanol–water partition coefficient (Wildman–Crippen LogP) is 1.97. The highest BCUT2D eigenvalue weighted by Crippen LogP contribution is 2.29. The first-order valence-corrected chi connectivity index (χ1v) is 11.2. The van der Waals surface area contributed by atoms with Crippen LogP contribution in [0.4, 0.5) is 0 Å². The van der Waals surface area contributed by atoms with Crippen LogP contribution >= 0.6 is 24.0 Å². The van der Waals surface area contributed by atoms with Crippen molar-refractivity contribution in [1.29, 1.82) is 0 Å². The van der Waals surface area contributed by atoms with E-state index in [1.165, 1.54) is 16.1 Å². The lowest BCUT2D eigenvalue weighted by Gasteiger charge is -2.23. The number of furan rings is 1. The van der Waals surface area contributed by atoms with Gasteiger partial charge in [-0.15, -0.1) is 0 Å². The van der Waals surface area contributed by atoms with E-state index in [2.05, 4.69) is 10.1 Å². The summed E-state index contributed by atoms with van der Waals surface area (Å²) in [6.07, 6.45) is 1.63. The van der Waals surface area contributed by atoms with Crippen LogP contribution in [0.1, 0.15) is 5.76 Å². The molecule has 0 saturated carbocycles. The van der Waals surface area contributed by atoms with Gasteiger partial charge in [-0.1, -0.05) is 24.0 Å². The molecule has 0 bridgehead atoms. The maximum atomic E-state index is 12.7. The first-order chi connectivity index (χ1) is 13.4. The summed E-state index contributed by atoms with van der Waals surface area (Å²) in [5, 5.41) is 2.55. The average Bonchev–Trinajstić information content (AvgIpc) is 3.29. The molecule has 0 unspecified atom stereocenters. The van der Waals surface area contributed by atoms with Crippen molar-refractivity contribution in [2.45, 2.75) is 4.90 Å². The van der Waals surface area contributed by atoms with E-state index in [-0.39, 0.29) is 10.8 Å². The summed E-state index contributed by atoms with van der Waals surface area (Å²) in [7, 11) is -3.51. The first-order valence-electron chi connectivity index (χ1n) is 8.52. The zero-order valence-corrected chi connectivity index (χ0v) is 17.1. The van der Waals surface area contributed by atoms with Gasteiger partial charge in [0.25, 0.3) is 5.91 Å². The van der Waals surface area contributed by atoms with E-state index in [1.54, 1.807) is 42.5 Å². The molecule has 10 heteroatoms. The van der Waals surface area contributed by atoms with Crippen LogP contribution in [-0.4, -0.2) is 54.0 Å². The van der Waals surface area contributed by atoms with Gasteiger partial charge in [-0.2, -0.15) is 4.31 Å². The lowest BCUT2D eigenvalue weighted by atomic mass is 10.2. The van der Waals surface area contributed by atoms with Crippen molar-refractivity contribution in [3.63, 3.8) is 0 Å². The SMILES string of the molecule is O=C1NC(=S)S/C1=C\c1ccc(-c2ccc(S(=O)(=O)N3CC[OH+]CC3)cc2)o1. The molecule has 2 fully saturated rings. The van der Waals surface area contributed by atoms with E-state index in [0.29, 0.717) is 47.0 Å². The van der Waals surface area contributed by atoms with Gasteiger partial charge in [-0.25, -0.2) is 8.42 Å². The second-order valence-electron chi connectivity index (χ2n) is 6.15. The second-order valence-corrected chi connectivity index (χ2v) is 9.81. The normalized spacial score (nSPS) is 19.9. The Morgan fingerprint density at radius 1 is 1.14 bits per heavy atom. The predicted molar refractivity (Wildman–Crippen MR) is 111 cm³/mol. The van der Waals surface area contributed by atoms with Gasteiger partial charge < -0.3 is 14.5 Å². The topological polar surface area (TPSA) is 92.4 Å². The van der Waals surface area contributed by atoms with Crippen molar-refractivity contribution in [2.75, 3.05) is 26.3 Å². The molecule has 2 aliphatic rings. The molecule has 146 valence electrons. The molecule has 1 aromatic carbocycles. The van der Waals surface area contributed by atoms with Crippen molar-refractivity contribution in [1.82, 2.24) is 9.62 Å². The number of benzene rings is 1. The summed E-state index contributed by atoms with van der Waals surface area (Å²) in [5.41, 5.74) is 0.747. The number of rotatable bonds is 4. The van der Waals surface area contributed by atoms with Crippen LogP contribution < -0.4 is 5.32 Å². The maximum absolute atomic E-state index is 12.7. The van der Waals surface area contributed by atoms with Crippen molar-refractivity contribution in [3.05, 3.63) is 47.1 Å². The minimum atomic E-state index is -3.51. The average molecular weight is 438 g/mol. The van der Waals surface area contributed by atoms with Gasteiger partial charge in [0.2, 0.25) is 10.0 Å². The second kappa shape index (κ2) is 7.80. The van der Waals surface area contributed by atoms with E-state index in [9.17, 15) is 13.2 Å². The summed E-state index contributed by atoms with van der Waals surface area (Å²) in [4.78, 5) is 12.5. The van der Waals surface area contributed by atoms with E-state index in [0.717, 1.165) is 5.56 Å². The van der Waals surface area contributed by atoms with E-state index in [4.69, 9.17) is 16.6 Å². The Morgan fingerprint density at radius 3 is 2.50 bits per heavy atom. The molecular weight excluding hydrogens is 420 g/mol. The molecule has 0 spiro atoms. The summed E-state index contributed by atoms with van der Waals surface area (Å²) in [5.74, 6) is 0.859. The molecular formula is C18H17N2O5S3+. The molecule has 3 heterocycles. The Balaban J connectivity index is 1.53. The molecule has 0 atom stereocenters. The molecule has 28 heavy (non-hydrogen) atoms. The van der Waals surface area contributed by atoms with Gasteiger partial charge in [0, 0.05) is 11.6 Å². The number of amides is 1. The fraction of sp³-hybridized carbons (Fsp3) is 0.222. The summed E-state index contributed by atoms with van der Waals surface area (Å²) in [6.45, 7) is 1.89. The van der Waals surface area contributed by atoms with Gasteiger partial charge in [0.1, 0.15) is 15.8 Å². The fourth-order valence-electron chi connectivity index (χ4n) is 2.90. The zero-order valence-electron chi connectivity index (χ0n) is 14.6. The van der Waals surface area contributed by atoms with Crippen molar-refractivity contribution in [3.8, 4) is 11.3 Å². The van der Waals surface area contributed by atoms with Gasteiger partial charge in [0.05, 0.1) is 22.9 Å². The van der Waals surface area contributed by atoms with Crippen LogP contribution in [0.15, 0.2) is 50.6 Å². The van der Waals surface area contributed by atoms with Gasteiger partial charge in [-0.3, -0.25) is 4.79 Å². The Hall–Kier alpha value is -1.98. The van der Waals surface area contributed by atoms with Gasteiger partial charge >= 0.3 is 0 Å². The fourth-order valence-corrected chi connectivity index (χ4v) is 5.35. The summed E-state index contributed by atoms with van der Waals surface area (Å²) < 4.78 is 37.2. The van der Waals surface area contributed by atoms with E-state index >= 15 is 0 Å². The van der Waals surface area contributed by atoms with Crippen LogP contribution in [0.3, 0.4) is 0 Å². The summed E-state index contributed by atoms with van der Waals surface area (Å²) in [6, 6.07) is 10.1. The number of ether oxygens (including phenoxy) is 1. The Labute approximate surface area is 171 Å². The number of hydrogen-bond acceptors (Lipinski definition) is 6. The maximum Gasteiger partial charge on any atom is 0.263 e. The molecule has 1 amide bonds. The molecule has 0 aliphatic carbocycles. The third-order valence-corrected chi connectivity index (χ3v) is 7.41.